The fraction of sp³-hybridized carbons (Fsp3) is 0.357. The molecule has 0 aliphatic heterocycles. The van der Waals surface area contributed by atoms with Crippen molar-refractivity contribution in [1.29, 1.82) is 0 Å². The molecule has 1 nitrogen and oxygen atoms in total. The molecule has 0 amide bonds. The fourth-order valence-corrected chi connectivity index (χ4v) is 3.13. The molecule has 0 fully saturated rings. The average Bonchev–Trinajstić information content (AvgIpc) is 2.73. The number of aromatic nitrogens is 1. The van der Waals surface area contributed by atoms with Crippen LogP contribution in [0.5, 0.6) is 0 Å². The zero-order valence-corrected chi connectivity index (χ0v) is 11.7. The Balaban J connectivity index is 2.20. The van der Waals surface area contributed by atoms with Crippen LogP contribution in [-0.2, 0) is 6.42 Å². The molecule has 1 atom stereocenters. The summed E-state index contributed by atoms with van der Waals surface area (Å²) in [6.45, 7) is 4.17. The number of alkyl halides is 1. The van der Waals surface area contributed by atoms with E-state index in [4.69, 9.17) is 11.6 Å². The number of hydrogen-bond acceptors (Lipinski definition) is 2. The third kappa shape index (κ3) is 3.08. The van der Waals surface area contributed by atoms with Crippen molar-refractivity contribution >= 4 is 22.9 Å². The van der Waals surface area contributed by atoms with Gasteiger partial charge in [0.05, 0.1) is 5.01 Å². The first-order chi connectivity index (χ1) is 8.20. The number of thiazole rings is 1. The summed E-state index contributed by atoms with van der Waals surface area (Å²) in [5, 5.41) is 3.27. The van der Waals surface area contributed by atoms with Gasteiger partial charge < -0.3 is 0 Å². The molecule has 0 aliphatic rings. The highest BCUT2D eigenvalue weighted by Crippen LogP contribution is 2.26. The van der Waals surface area contributed by atoms with E-state index in [2.05, 4.69) is 41.6 Å². The smallest absolute Gasteiger partial charge is 0.0934 e. The lowest BCUT2D eigenvalue weighted by Gasteiger charge is -2.15. The number of rotatable bonds is 4. The fourth-order valence-electron chi connectivity index (χ4n) is 2.00. The number of aryl methyl sites for hydroxylation is 2. The van der Waals surface area contributed by atoms with Crippen LogP contribution in [0, 0.1) is 13.8 Å². The van der Waals surface area contributed by atoms with Gasteiger partial charge in [-0.2, -0.15) is 0 Å². The van der Waals surface area contributed by atoms with Crippen LogP contribution >= 0.6 is 22.9 Å². The molecule has 0 radical (unpaired) electrons. The van der Waals surface area contributed by atoms with Gasteiger partial charge in [0.2, 0.25) is 0 Å². The molecule has 2 rings (SSSR count). The van der Waals surface area contributed by atoms with Crippen molar-refractivity contribution in [2.24, 2.45) is 0 Å². The zero-order chi connectivity index (χ0) is 12.3. The summed E-state index contributed by atoms with van der Waals surface area (Å²) in [4.78, 5) is 4.51. The lowest BCUT2D eigenvalue weighted by Crippen LogP contribution is -2.06. The Hall–Kier alpha value is -0.860. The highest BCUT2D eigenvalue weighted by molar-refractivity contribution is 7.09. The molecule has 0 aliphatic carbocycles. The van der Waals surface area contributed by atoms with Gasteiger partial charge in [0.15, 0.2) is 0 Å². The van der Waals surface area contributed by atoms with Crippen molar-refractivity contribution in [2.45, 2.75) is 26.2 Å². The summed E-state index contributed by atoms with van der Waals surface area (Å²) in [5.74, 6) is 1.01. The standard InChI is InChI=1S/C14H16ClNS/c1-10-5-3-4-6-13(10)12(8-15)7-14-16-11(2)9-17-14/h3-6,9,12H,7-8H2,1-2H3. The molecule has 0 saturated heterocycles. The van der Waals surface area contributed by atoms with E-state index in [9.17, 15) is 0 Å². The van der Waals surface area contributed by atoms with Crippen LogP contribution in [0.3, 0.4) is 0 Å². The Labute approximate surface area is 111 Å². The van der Waals surface area contributed by atoms with Gasteiger partial charge in [-0.05, 0) is 25.0 Å². The minimum atomic E-state index is 0.364. The first-order valence-electron chi connectivity index (χ1n) is 5.73. The molecule has 1 aromatic heterocycles. The van der Waals surface area contributed by atoms with Crippen LogP contribution < -0.4 is 0 Å². The summed E-state index contributed by atoms with van der Waals surface area (Å²) in [7, 11) is 0. The molecule has 1 unspecified atom stereocenters. The predicted octanol–water partition coefficient (Wildman–Crippen LogP) is 4.33. The summed E-state index contributed by atoms with van der Waals surface area (Å²) >= 11 is 7.83. The van der Waals surface area contributed by atoms with Gasteiger partial charge >= 0.3 is 0 Å². The third-order valence-corrected chi connectivity index (χ3v) is 4.26. The number of benzene rings is 1. The van der Waals surface area contributed by atoms with Gasteiger partial charge in [0.1, 0.15) is 0 Å². The second kappa shape index (κ2) is 5.65. The highest BCUT2D eigenvalue weighted by atomic mass is 35.5. The van der Waals surface area contributed by atoms with Crippen LogP contribution in [0.1, 0.15) is 27.7 Å². The Morgan fingerprint density at radius 1 is 1.29 bits per heavy atom. The van der Waals surface area contributed by atoms with Gasteiger partial charge in [0, 0.05) is 29.3 Å². The molecule has 90 valence electrons. The van der Waals surface area contributed by atoms with E-state index in [1.54, 1.807) is 11.3 Å². The van der Waals surface area contributed by atoms with Gasteiger partial charge in [-0.15, -0.1) is 22.9 Å². The van der Waals surface area contributed by atoms with Crippen molar-refractivity contribution in [2.75, 3.05) is 5.88 Å². The SMILES string of the molecule is Cc1csc(CC(CCl)c2ccccc2C)n1. The predicted molar refractivity (Wildman–Crippen MR) is 75.2 cm³/mol. The summed E-state index contributed by atoms with van der Waals surface area (Å²) < 4.78 is 0. The van der Waals surface area contributed by atoms with E-state index in [0.29, 0.717) is 11.8 Å². The summed E-state index contributed by atoms with van der Waals surface area (Å²) in [6, 6.07) is 8.46. The Bertz CT molecular complexity index is 492. The van der Waals surface area contributed by atoms with Crippen LogP contribution in [0.15, 0.2) is 29.6 Å². The summed E-state index contributed by atoms with van der Waals surface area (Å²) in [5.41, 5.74) is 3.75. The Morgan fingerprint density at radius 2 is 2.06 bits per heavy atom. The van der Waals surface area contributed by atoms with Gasteiger partial charge in [-0.3, -0.25) is 0 Å². The van der Waals surface area contributed by atoms with E-state index in [0.717, 1.165) is 12.1 Å². The third-order valence-electron chi connectivity index (χ3n) is 2.90. The van der Waals surface area contributed by atoms with E-state index < -0.39 is 0 Å². The van der Waals surface area contributed by atoms with Crippen LogP contribution in [-0.4, -0.2) is 10.9 Å². The quantitative estimate of drug-likeness (QED) is 0.750. The first kappa shape index (κ1) is 12.6. The average molecular weight is 266 g/mol. The number of halogens is 1. The maximum absolute atomic E-state index is 6.11. The minimum Gasteiger partial charge on any atom is -0.247 e. The van der Waals surface area contributed by atoms with Crippen molar-refractivity contribution < 1.29 is 0 Å². The van der Waals surface area contributed by atoms with Crippen LogP contribution in [0.4, 0.5) is 0 Å². The largest absolute Gasteiger partial charge is 0.247 e. The molecule has 0 saturated carbocycles. The van der Waals surface area contributed by atoms with E-state index in [1.165, 1.54) is 16.1 Å². The van der Waals surface area contributed by atoms with Gasteiger partial charge in [-0.1, -0.05) is 24.3 Å². The van der Waals surface area contributed by atoms with Crippen molar-refractivity contribution in [3.63, 3.8) is 0 Å². The maximum Gasteiger partial charge on any atom is 0.0934 e. The van der Waals surface area contributed by atoms with Gasteiger partial charge in [0.25, 0.3) is 0 Å². The maximum atomic E-state index is 6.11. The summed E-state index contributed by atoms with van der Waals surface area (Å²) in [6.07, 6.45) is 0.937. The molecular weight excluding hydrogens is 250 g/mol. The lowest BCUT2D eigenvalue weighted by molar-refractivity contribution is 0.753. The lowest BCUT2D eigenvalue weighted by atomic mass is 9.94. The van der Waals surface area contributed by atoms with Crippen LogP contribution in [0.25, 0.3) is 0 Å². The van der Waals surface area contributed by atoms with E-state index >= 15 is 0 Å². The van der Waals surface area contributed by atoms with Crippen molar-refractivity contribution in [3.8, 4) is 0 Å². The second-order valence-corrected chi connectivity index (χ2v) is 5.55. The molecule has 1 aromatic carbocycles. The molecule has 3 heteroatoms. The van der Waals surface area contributed by atoms with Crippen molar-refractivity contribution in [3.05, 3.63) is 51.5 Å². The highest BCUT2D eigenvalue weighted by Gasteiger charge is 2.14. The molecule has 17 heavy (non-hydrogen) atoms. The molecule has 1 heterocycles. The normalized spacial score (nSPS) is 12.6. The van der Waals surface area contributed by atoms with Crippen molar-refractivity contribution in [1.82, 2.24) is 4.98 Å². The molecule has 0 bridgehead atoms. The topological polar surface area (TPSA) is 12.9 Å². The number of hydrogen-bond donors (Lipinski definition) is 0. The minimum absolute atomic E-state index is 0.364. The molecule has 0 spiro atoms. The molecule has 0 N–H and O–H groups in total. The van der Waals surface area contributed by atoms with E-state index in [1.807, 2.05) is 6.92 Å². The zero-order valence-electron chi connectivity index (χ0n) is 10.1. The number of nitrogens with zero attached hydrogens (tertiary/aromatic N) is 1. The molecular formula is C14H16ClNS. The Morgan fingerprint density at radius 3 is 2.65 bits per heavy atom. The second-order valence-electron chi connectivity index (χ2n) is 4.29. The van der Waals surface area contributed by atoms with E-state index in [-0.39, 0.29) is 0 Å². The van der Waals surface area contributed by atoms with Gasteiger partial charge in [-0.25, -0.2) is 4.98 Å². The first-order valence-corrected chi connectivity index (χ1v) is 7.14. The van der Waals surface area contributed by atoms with Crippen LogP contribution in [0.2, 0.25) is 0 Å². The molecule has 2 aromatic rings. The monoisotopic (exact) mass is 265 g/mol. The Kier molecular flexibility index (Phi) is 4.19.